The number of carbonyl (C=O) groups is 1. The predicted octanol–water partition coefficient (Wildman–Crippen LogP) is 0.0986. The molecule has 0 bridgehead atoms. The fourth-order valence-electron chi connectivity index (χ4n) is 0. The molecular formula is CH2FeMnO4. The summed E-state index contributed by atoms with van der Waals surface area (Å²) in [5.41, 5.74) is 0. The van der Waals surface area contributed by atoms with E-state index >= 15 is 0 Å². The van der Waals surface area contributed by atoms with Crippen LogP contribution in [0.15, 0.2) is 0 Å². The minimum absolute atomic E-state index is 0. The summed E-state index contributed by atoms with van der Waals surface area (Å²) in [6, 6.07) is 0. The van der Waals surface area contributed by atoms with Crippen molar-refractivity contribution in [3.63, 3.8) is 0 Å². The second-order valence-electron chi connectivity index (χ2n) is 0.283. The molecule has 0 aliphatic heterocycles. The summed E-state index contributed by atoms with van der Waals surface area (Å²) in [5, 5.41) is 13.9. The van der Waals surface area contributed by atoms with Gasteiger partial charge in [0.15, 0.2) is 0 Å². The van der Waals surface area contributed by atoms with Crippen molar-refractivity contribution in [2.24, 2.45) is 0 Å². The van der Waals surface area contributed by atoms with Crippen LogP contribution in [0.4, 0.5) is 4.79 Å². The van der Waals surface area contributed by atoms with Crippen LogP contribution in [0.3, 0.4) is 0 Å². The molecule has 45 valence electrons. The molecule has 2 N–H and O–H groups in total. The van der Waals surface area contributed by atoms with Gasteiger partial charge in [-0.3, -0.25) is 0 Å². The first-order valence-electron chi connectivity index (χ1n) is 0.796. The van der Waals surface area contributed by atoms with Crippen LogP contribution < -0.4 is 0 Å². The summed E-state index contributed by atoms with van der Waals surface area (Å²) < 4.78 is 8.00. The normalized spacial score (nSPS) is 4.14. The molecular weight excluding hydrogens is 187 g/mol. The topological polar surface area (TPSA) is 74.6 Å². The molecule has 0 aromatic rings. The fourth-order valence-corrected chi connectivity index (χ4v) is 0. The zero-order valence-electron chi connectivity index (χ0n) is 2.94. The molecule has 0 fully saturated rings. The van der Waals surface area contributed by atoms with Gasteiger partial charge in [0.05, 0.1) is 0 Å². The van der Waals surface area contributed by atoms with E-state index in [-0.39, 0.29) is 17.1 Å². The van der Waals surface area contributed by atoms with Crippen molar-refractivity contribution in [2.45, 2.75) is 0 Å². The van der Waals surface area contributed by atoms with Gasteiger partial charge in [-0.2, -0.15) is 0 Å². The van der Waals surface area contributed by atoms with Gasteiger partial charge in [0.1, 0.15) is 0 Å². The van der Waals surface area contributed by atoms with Crippen LogP contribution in [-0.2, 0) is 36.8 Å². The average Bonchev–Trinajstić information content (AvgIpc) is 1.41. The molecule has 0 aliphatic carbocycles. The van der Waals surface area contributed by atoms with Crippen LogP contribution >= 0.6 is 0 Å². The fraction of sp³-hybridized carbons (Fsp3) is 0. The van der Waals surface area contributed by atoms with Gasteiger partial charge in [0, 0.05) is 17.1 Å². The standard InChI is InChI=1S/CH2O3.Fe.Mn.O/c2-1(3)4;;;/h(H2,2,3,4);;;. The van der Waals surface area contributed by atoms with E-state index < -0.39 is 6.16 Å². The zero-order valence-corrected chi connectivity index (χ0v) is 5.23. The molecule has 0 spiro atoms. The molecule has 6 heteroatoms. The number of hydrogen-bond donors (Lipinski definition) is 2. The van der Waals surface area contributed by atoms with E-state index in [1.807, 2.05) is 15.9 Å². The van der Waals surface area contributed by atoms with E-state index in [4.69, 9.17) is 18.8 Å². The van der Waals surface area contributed by atoms with Crippen molar-refractivity contribution in [1.82, 2.24) is 0 Å². The van der Waals surface area contributed by atoms with Gasteiger partial charge in [-0.1, -0.05) is 0 Å². The SMILES string of the molecule is O=C(O)O.[Mn].[O]=[Fe]. The molecule has 0 saturated carbocycles. The molecule has 0 unspecified atom stereocenters. The van der Waals surface area contributed by atoms with Crippen LogP contribution in [0, 0.1) is 0 Å². The van der Waals surface area contributed by atoms with Gasteiger partial charge < -0.3 is 10.2 Å². The average molecular weight is 189 g/mol. The maximum absolute atomic E-state index is 8.56. The van der Waals surface area contributed by atoms with Crippen LogP contribution in [0.25, 0.3) is 0 Å². The number of hydrogen-bond acceptors (Lipinski definition) is 2. The van der Waals surface area contributed by atoms with E-state index in [1.54, 1.807) is 0 Å². The summed E-state index contributed by atoms with van der Waals surface area (Å²) in [6.07, 6.45) is -1.83. The molecule has 0 rings (SSSR count). The summed E-state index contributed by atoms with van der Waals surface area (Å²) in [4.78, 5) is 8.56. The van der Waals surface area contributed by atoms with Crippen LogP contribution in [0.1, 0.15) is 0 Å². The Hall–Kier alpha value is 0.109. The Balaban J connectivity index is -0.0000000480. The van der Waals surface area contributed by atoms with Gasteiger partial charge in [-0.05, 0) is 0 Å². The first kappa shape index (κ1) is 15.7. The van der Waals surface area contributed by atoms with Gasteiger partial charge in [0.2, 0.25) is 0 Å². The van der Waals surface area contributed by atoms with Crippen molar-refractivity contribution >= 4 is 6.16 Å². The molecule has 1 radical (unpaired) electrons. The number of carboxylic acid groups (broad SMARTS) is 2. The Morgan fingerprint density at radius 1 is 1.29 bits per heavy atom. The van der Waals surface area contributed by atoms with Crippen molar-refractivity contribution < 1.29 is 51.9 Å². The van der Waals surface area contributed by atoms with E-state index in [1.165, 1.54) is 0 Å². The molecule has 7 heavy (non-hydrogen) atoms. The Morgan fingerprint density at radius 2 is 1.29 bits per heavy atom. The minimum atomic E-state index is -1.83. The second kappa shape index (κ2) is 16.5. The van der Waals surface area contributed by atoms with Crippen LogP contribution in [0.2, 0.25) is 0 Å². The van der Waals surface area contributed by atoms with E-state index in [0.29, 0.717) is 0 Å². The van der Waals surface area contributed by atoms with E-state index in [2.05, 4.69) is 0 Å². The van der Waals surface area contributed by atoms with Crippen LogP contribution in [-0.4, -0.2) is 16.4 Å². The summed E-state index contributed by atoms with van der Waals surface area (Å²) in [5.74, 6) is 0. The van der Waals surface area contributed by atoms with E-state index in [0.717, 1.165) is 0 Å². The first-order chi connectivity index (χ1) is 2.73. The van der Waals surface area contributed by atoms with Gasteiger partial charge >= 0.3 is 25.9 Å². The molecule has 0 aromatic carbocycles. The van der Waals surface area contributed by atoms with Crippen molar-refractivity contribution in [1.29, 1.82) is 0 Å². The maximum atomic E-state index is 8.56. The first-order valence-corrected chi connectivity index (χ1v) is 1.25. The van der Waals surface area contributed by atoms with E-state index in [9.17, 15) is 0 Å². The second-order valence-corrected chi connectivity index (χ2v) is 0.283. The Labute approximate surface area is 58.4 Å². The molecule has 0 amide bonds. The Kier molecular flexibility index (Phi) is 37.0. The van der Waals surface area contributed by atoms with Crippen molar-refractivity contribution in [3.8, 4) is 0 Å². The Bertz CT molecular complexity index is 43.0. The number of rotatable bonds is 0. The quantitative estimate of drug-likeness (QED) is 0.529. The van der Waals surface area contributed by atoms with Gasteiger partial charge in [0.25, 0.3) is 0 Å². The third kappa shape index (κ3) is 8690. The third-order valence-corrected chi connectivity index (χ3v) is 0. The van der Waals surface area contributed by atoms with Crippen LogP contribution in [0.5, 0.6) is 0 Å². The molecule has 4 nitrogen and oxygen atoms in total. The van der Waals surface area contributed by atoms with Crippen molar-refractivity contribution in [2.75, 3.05) is 0 Å². The Morgan fingerprint density at radius 3 is 1.29 bits per heavy atom. The molecule has 0 heterocycles. The summed E-state index contributed by atoms with van der Waals surface area (Å²) in [6.45, 7) is 0. The zero-order chi connectivity index (χ0) is 5.58. The molecule has 0 saturated heterocycles. The third-order valence-electron chi connectivity index (χ3n) is 0. The monoisotopic (exact) mass is 189 g/mol. The molecule has 0 aliphatic rings. The summed E-state index contributed by atoms with van der Waals surface area (Å²) in [7, 11) is 0. The molecule has 0 aromatic heterocycles. The summed E-state index contributed by atoms with van der Waals surface area (Å²) >= 11 is 2.00. The van der Waals surface area contributed by atoms with Gasteiger partial charge in [-0.25, -0.2) is 4.79 Å². The van der Waals surface area contributed by atoms with Gasteiger partial charge in [-0.15, -0.1) is 0 Å². The molecule has 0 atom stereocenters. The predicted molar refractivity (Wildman–Crippen MR) is 11.3 cm³/mol. The van der Waals surface area contributed by atoms with Crippen molar-refractivity contribution in [3.05, 3.63) is 0 Å².